The second kappa shape index (κ2) is 4.75. The molecular weight excluding hydrogens is 216 g/mol. The molecule has 0 N–H and O–H groups in total. The van der Waals surface area contributed by atoms with Crippen molar-refractivity contribution in [2.24, 2.45) is 0 Å². The van der Waals surface area contributed by atoms with Crippen molar-refractivity contribution < 1.29 is 8.94 Å². The Labute approximate surface area is 101 Å². The van der Waals surface area contributed by atoms with E-state index in [1.165, 1.54) is 0 Å². The van der Waals surface area contributed by atoms with Gasteiger partial charge >= 0.3 is 0 Å². The summed E-state index contributed by atoms with van der Waals surface area (Å²) in [7, 11) is 2.06. The van der Waals surface area contributed by atoms with Crippen LogP contribution in [0.2, 0.25) is 0 Å². The van der Waals surface area contributed by atoms with Gasteiger partial charge in [0.25, 0.3) is 0 Å². The third kappa shape index (κ3) is 2.77. The van der Waals surface area contributed by atoms with Crippen molar-refractivity contribution in [2.75, 3.05) is 7.05 Å². The van der Waals surface area contributed by atoms with Gasteiger partial charge in [-0.1, -0.05) is 5.16 Å². The van der Waals surface area contributed by atoms with Crippen molar-refractivity contribution >= 4 is 0 Å². The Kier molecular flexibility index (Phi) is 3.33. The van der Waals surface area contributed by atoms with Crippen LogP contribution in [0.4, 0.5) is 0 Å². The number of furan rings is 1. The molecule has 4 nitrogen and oxygen atoms in total. The van der Waals surface area contributed by atoms with E-state index in [1.807, 2.05) is 32.9 Å². The van der Waals surface area contributed by atoms with Gasteiger partial charge in [-0.3, -0.25) is 4.90 Å². The van der Waals surface area contributed by atoms with Crippen LogP contribution >= 0.6 is 0 Å². The molecule has 0 bridgehead atoms. The fraction of sp³-hybridized carbons (Fsp3) is 0.462. The standard InChI is InChI=1S/C13H18N2O2/c1-9-5-6-12(16-9)7-15(4)8-13-10(2)14-17-11(13)3/h5-6H,7-8H2,1-4H3. The second-order valence-corrected chi connectivity index (χ2v) is 4.49. The molecule has 0 aliphatic rings. The zero-order valence-electron chi connectivity index (χ0n) is 10.8. The maximum absolute atomic E-state index is 5.55. The molecule has 0 atom stereocenters. The summed E-state index contributed by atoms with van der Waals surface area (Å²) in [4.78, 5) is 2.19. The minimum absolute atomic E-state index is 0.790. The average molecular weight is 234 g/mol. The highest BCUT2D eigenvalue weighted by Gasteiger charge is 2.12. The fourth-order valence-corrected chi connectivity index (χ4v) is 1.89. The molecule has 4 heteroatoms. The number of aryl methyl sites for hydroxylation is 3. The molecule has 0 aliphatic carbocycles. The van der Waals surface area contributed by atoms with E-state index in [9.17, 15) is 0 Å². The van der Waals surface area contributed by atoms with Gasteiger partial charge in [-0.15, -0.1) is 0 Å². The van der Waals surface area contributed by atoms with Gasteiger partial charge in [0, 0.05) is 12.1 Å². The summed E-state index contributed by atoms with van der Waals surface area (Å²) in [6, 6.07) is 4.00. The Bertz CT molecular complexity index is 480. The van der Waals surface area contributed by atoms with Gasteiger partial charge in [-0.2, -0.15) is 0 Å². The van der Waals surface area contributed by atoms with Crippen LogP contribution in [0.3, 0.4) is 0 Å². The number of aromatic nitrogens is 1. The largest absolute Gasteiger partial charge is 0.465 e. The Morgan fingerprint density at radius 2 is 1.94 bits per heavy atom. The molecule has 0 aliphatic heterocycles. The summed E-state index contributed by atoms with van der Waals surface area (Å²) in [6.45, 7) is 7.48. The molecular formula is C13H18N2O2. The molecule has 2 aromatic heterocycles. The van der Waals surface area contributed by atoms with Gasteiger partial charge < -0.3 is 8.94 Å². The van der Waals surface area contributed by atoms with Crippen LogP contribution in [-0.2, 0) is 13.1 Å². The maximum atomic E-state index is 5.55. The van der Waals surface area contributed by atoms with Crippen LogP contribution in [0.25, 0.3) is 0 Å². The molecule has 0 fully saturated rings. The zero-order valence-corrected chi connectivity index (χ0v) is 10.8. The maximum Gasteiger partial charge on any atom is 0.138 e. The van der Waals surface area contributed by atoms with Crippen molar-refractivity contribution in [3.63, 3.8) is 0 Å². The summed E-state index contributed by atoms with van der Waals surface area (Å²) in [5.41, 5.74) is 2.13. The molecule has 2 aromatic rings. The smallest absolute Gasteiger partial charge is 0.138 e. The molecule has 17 heavy (non-hydrogen) atoms. The van der Waals surface area contributed by atoms with Gasteiger partial charge in [0.1, 0.15) is 17.3 Å². The van der Waals surface area contributed by atoms with Crippen LogP contribution in [0.1, 0.15) is 28.5 Å². The third-order valence-corrected chi connectivity index (χ3v) is 2.83. The van der Waals surface area contributed by atoms with Gasteiger partial charge in [-0.05, 0) is 40.0 Å². The van der Waals surface area contributed by atoms with Crippen LogP contribution in [0, 0.1) is 20.8 Å². The molecule has 0 saturated heterocycles. The van der Waals surface area contributed by atoms with E-state index in [1.54, 1.807) is 0 Å². The van der Waals surface area contributed by atoms with E-state index in [0.29, 0.717) is 0 Å². The molecule has 2 heterocycles. The first kappa shape index (κ1) is 11.9. The Morgan fingerprint density at radius 1 is 1.18 bits per heavy atom. The van der Waals surface area contributed by atoms with Crippen molar-refractivity contribution in [1.82, 2.24) is 10.1 Å². The lowest BCUT2D eigenvalue weighted by molar-refractivity contribution is 0.282. The lowest BCUT2D eigenvalue weighted by atomic mass is 10.2. The highest BCUT2D eigenvalue weighted by atomic mass is 16.5. The number of nitrogens with zero attached hydrogens (tertiary/aromatic N) is 2. The molecule has 2 rings (SSSR count). The Hall–Kier alpha value is -1.55. The first-order valence-electron chi connectivity index (χ1n) is 5.72. The third-order valence-electron chi connectivity index (χ3n) is 2.83. The van der Waals surface area contributed by atoms with Crippen molar-refractivity contribution in [1.29, 1.82) is 0 Å². The lowest BCUT2D eigenvalue weighted by Gasteiger charge is -2.14. The normalized spacial score (nSPS) is 11.4. The molecule has 0 unspecified atom stereocenters. The van der Waals surface area contributed by atoms with Gasteiger partial charge in [0.2, 0.25) is 0 Å². The Morgan fingerprint density at radius 3 is 2.47 bits per heavy atom. The second-order valence-electron chi connectivity index (χ2n) is 4.49. The number of rotatable bonds is 4. The highest BCUT2D eigenvalue weighted by Crippen LogP contribution is 2.16. The molecule has 0 radical (unpaired) electrons. The Balaban J connectivity index is 2.00. The summed E-state index contributed by atoms with van der Waals surface area (Å²) in [5, 5.41) is 3.96. The van der Waals surface area contributed by atoms with Gasteiger partial charge in [0.15, 0.2) is 0 Å². The lowest BCUT2D eigenvalue weighted by Crippen LogP contribution is -2.17. The molecule has 0 aromatic carbocycles. The summed E-state index contributed by atoms with van der Waals surface area (Å²) in [6.07, 6.45) is 0. The predicted molar refractivity (Wildman–Crippen MR) is 64.6 cm³/mol. The number of hydrogen-bond acceptors (Lipinski definition) is 4. The highest BCUT2D eigenvalue weighted by molar-refractivity contribution is 5.20. The van der Waals surface area contributed by atoms with Crippen molar-refractivity contribution in [3.8, 4) is 0 Å². The van der Waals surface area contributed by atoms with Crippen LogP contribution < -0.4 is 0 Å². The fourth-order valence-electron chi connectivity index (χ4n) is 1.89. The minimum Gasteiger partial charge on any atom is -0.465 e. The molecule has 0 saturated carbocycles. The van der Waals surface area contributed by atoms with E-state index in [2.05, 4.69) is 17.1 Å². The first-order chi connectivity index (χ1) is 8.06. The molecule has 0 amide bonds. The SMILES string of the molecule is Cc1ccc(CN(C)Cc2c(C)noc2C)o1. The quantitative estimate of drug-likeness (QED) is 0.815. The predicted octanol–water partition coefficient (Wildman–Crippen LogP) is 2.82. The van der Waals surface area contributed by atoms with Gasteiger partial charge in [-0.25, -0.2) is 0 Å². The van der Waals surface area contributed by atoms with Gasteiger partial charge in [0.05, 0.1) is 12.2 Å². The van der Waals surface area contributed by atoms with Crippen molar-refractivity contribution in [2.45, 2.75) is 33.9 Å². The first-order valence-corrected chi connectivity index (χ1v) is 5.72. The summed E-state index contributed by atoms with van der Waals surface area (Å²) in [5.74, 6) is 2.83. The summed E-state index contributed by atoms with van der Waals surface area (Å²) < 4.78 is 10.7. The van der Waals surface area contributed by atoms with Crippen LogP contribution in [-0.4, -0.2) is 17.1 Å². The minimum atomic E-state index is 0.790. The van der Waals surface area contributed by atoms with E-state index >= 15 is 0 Å². The van der Waals surface area contributed by atoms with E-state index in [0.717, 1.165) is 41.6 Å². The monoisotopic (exact) mass is 234 g/mol. The van der Waals surface area contributed by atoms with Crippen LogP contribution in [0.5, 0.6) is 0 Å². The zero-order chi connectivity index (χ0) is 12.4. The van der Waals surface area contributed by atoms with Crippen LogP contribution in [0.15, 0.2) is 21.1 Å². The average Bonchev–Trinajstić information content (AvgIpc) is 2.79. The summed E-state index contributed by atoms with van der Waals surface area (Å²) >= 11 is 0. The van der Waals surface area contributed by atoms with E-state index in [-0.39, 0.29) is 0 Å². The topological polar surface area (TPSA) is 42.4 Å². The van der Waals surface area contributed by atoms with E-state index < -0.39 is 0 Å². The molecule has 0 spiro atoms. The van der Waals surface area contributed by atoms with Crippen molar-refractivity contribution in [3.05, 3.63) is 40.7 Å². The number of hydrogen-bond donors (Lipinski definition) is 0. The molecule has 92 valence electrons. The van der Waals surface area contributed by atoms with E-state index in [4.69, 9.17) is 8.94 Å².